The summed E-state index contributed by atoms with van der Waals surface area (Å²) in [6.45, 7) is 1.81. The third kappa shape index (κ3) is 2.42. The van der Waals surface area contributed by atoms with E-state index in [-0.39, 0.29) is 0 Å². The van der Waals surface area contributed by atoms with Crippen molar-refractivity contribution in [2.75, 3.05) is 4.90 Å². The molecule has 0 bridgehead atoms. The molecule has 2 atom stereocenters. The average Bonchev–Trinajstić information content (AvgIpc) is 3.12. The van der Waals surface area contributed by atoms with Gasteiger partial charge in [-0.05, 0) is 30.7 Å². The second-order valence-corrected chi connectivity index (χ2v) is 6.75. The van der Waals surface area contributed by atoms with E-state index in [0.29, 0.717) is 27.0 Å². The minimum atomic E-state index is -0.975. The number of carbonyl (C=O) groups excluding carboxylic acids is 2. The Hall–Kier alpha value is -2.37. The zero-order valence-electron chi connectivity index (χ0n) is 13.1. The van der Waals surface area contributed by atoms with Gasteiger partial charge in [-0.25, -0.2) is 4.90 Å². The topological polar surface area (TPSA) is 59.0 Å². The fraction of sp³-hybridized carbons (Fsp3) is 0.167. The van der Waals surface area contributed by atoms with Gasteiger partial charge >= 0.3 is 0 Å². The molecule has 1 saturated heterocycles. The van der Waals surface area contributed by atoms with E-state index in [2.05, 4.69) is 5.16 Å². The highest BCUT2D eigenvalue weighted by molar-refractivity contribution is 6.38. The van der Waals surface area contributed by atoms with Crippen LogP contribution in [0.5, 0.6) is 0 Å². The highest BCUT2D eigenvalue weighted by atomic mass is 35.5. The Morgan fingerprint density at radius 1 is 1.08 bits per heavy atom. The lowest BCUT2D eigenvalue weighted by atomic mass is 9.94. The first kappa shape index (κ1) is 16.1. The lowest BCUT2D eigenvalue weighted by molar-refractivity contribution is -0.126. The number of anilines is 1. The van der Waals surface area contributed by atoms with Gasteiger partial charge in [-0.15, -0.1) is 0 Å². The molecule has 25 heavy (non-hydrogen) atoms. The minimum Gasteiger partial charge on any atom is -0.381 e. The largest absolute Gasteiger partial charge is 0.381 e. The number of imide groups is 1. The van der Waals surface area contributed by atoms with Crippen LogP contribution in [-0.4, -0.2) is 23.6 Å². The molecular formula is C18H12Cl2N2O3. The van der Waals surface area contributed by atoms with E-state index in [9.17, 15) is 9.59 Å². The number of halogens is 2. The zero-order chi connectivity index (χ0) is 17.7. The molecule has 2 aliphatic heterocycles. The first-order valence-electron chi connectivity index (χ1n) is 7.61. The number of rotatable bonds is 2. The quantitative estimate of drug-likeness (QED) is 0.754. The van der Waals surface area contributed by atoms with Gasteiger partial charge in [0, 0.05) is 15.6 Å². The average molecular weight is 375 g/mol. The lowest BCUT2D eigenvalue weighted by Crippen LogP contribution is -2.33. The van der Waals surface area contributed by atoms with E-state index in [4.69, 9.17) is 28.0 Å². The molecule has 0 N–H and O–H groups in total. The molecule has 0 spiro atoms. The lowest BCUT2D eigenvalue weighted by Gasteiger charge is -2.18. The molecule has 1 fully saturated rings. The van der Waals surface area contributed by atoms with Crippen LogP contribution in [0.2, 0.25) is 10.0 Å². The van der Waals surface area contributed by atoms with Crippen molar-refractivity contribution in [1.29, 1.82) is 0 Å². The number of amides is 2. The molecule has 0 aliphatic carbocycles. The number of hydrogen-bond acceptors (Lipinski definition) is 4. The molecule has 2 aliphatic rings. The molecule has 4 rings (SSSR count). The van der Waals surface area contributed by atoms with Crippen LogP contribution >= 0.6 is 23.2 Å². The highest BCUT2D eigenvalue weighted by Crippen LogP contribution is 2.38. The van der Waals surface area contributed by atoms with E-state index < -0.39 is 23.8 Å². The van der Waals surface area contributed by atoms with Gasteiger partial charge in [0.1, 0.15) is 11.6 Å². The summed E-state index contributed by atoms with van der Waals surface area (Å²) >= 11 is 12.2. The molecule has 2 aromatic carbocycles. The maximum atomic E-state index is 13.0. The summed E-state index contributed by atoms with van der Waals surface area (Å²) in [6, 6.07) is 12.1. The monoisotopic (exact) mass is 374 g/mol. The number of aryl methyl sites for hydroxylation is 1. The summed E-state index contributed by atoms with van der Waals surface area (Å²) in [4.78, 5) is 32.2. The standard InChI is InChI=1S/C18H12Cl2N2O3/c1-9-6-7-10(19)8-13(9)22-17(23)14-15(21-25-16(14)18(22)24)11-4-2-3-5-12(11)20/h2-8,14,16H,1H3/t14-,16+/m1/s1. The maximum Gasteiger partial charge on any atom is 0.278 e. The Balaban J connectivity index is 1.77. The molecule has 2 amide bonds. The molecular weight excluding hydrogens is 363 g/mol. The van der Waals surface area contributed by atoms with Crippen molar-refractivity contribution in [2.24, 2.45) is 11.1 Å². The molecule has 126 valence electrons. The summed E-state index contributed by atoms with van der Waals surface area (Å²) in [5, 5.41) is 4.85. The number of nitrogens with zero attached hydrogens (tertiary/aromatic N) is 2. The summed E-state index contributed by atoms with van der Waals surface area (Å²) in [6.07, 6.45) is -0.975. The van der Waals surface area contributed by atoms with Crippen molar-refractivity contribution in [2.45, 2.75) is 13.0 Å². The van der Waals surface area contributed by atoms with Crippen LogP contribution in [0.1, 0.15) is 11.1 Å². The van der Waals surface area contributed by atoms with Crippen LogP contribution in [0.4, 0.5) is 5.69 Å². The van der Waals surface area contributed by atoms with Crippen molar-refractivity contribution < 1.29 is 14.4 Å². The Bertz CT molecular complexity index is 942. The Morgan fingerprint density at radius 2 is 1.84 bits per heavy atom. The Labute approximate surface area is 153 Å². The van der Waals surface area contributed by atoms with Crippen LogP contribution in [0.15, 0.2) is 47.6 Å². The first-order chi connectivity index (χ1) is 12.0. The molecule has 0 aromatic heterocycles. The normalized spacial score (nSPS) is 22.0. The number of oxime groups is 1. The van der Waals surface area contributed by atoms with Crippen molar-refractivity contribution in [3.8, 4) is 0 Å². The van der Waals surface area contributed by atoms with Crippen LogP contribution < -0.4 is 4.90 Å². The Kier molecular flexibility index (Phi) is 3.78. The maximum absolute atomic E-state index is 13.0. The van der Waals surface area contributed by atoms with Crippen molar-refractivity contribution in [3.05, 3.63) is 63.6 Å². The predicted molar refractivity (Wildman–Crippen MR) is 95.0 cm³/mol. The molecule has 2 aromatic rings. The fourth-order valence-corrected chi connectivity index (χ4v) is 3.53. The molecule has 7 heteroatoms. The molecule has 0 saturated carbocycles. The predicted octanol–water partition coefficient (Wildman–Crippen LogP) is 3.59. The molecule has 2 heterocycles. The van der Waals surface area contributed by atoms with E-state index in [1.165, 1.54) is 0 Å². The van der Waals surface area contributed by atoms with Crippen LogP contribution in [0.25, 0.3) is 0 Å². The summed E-state index contributed by atoms with van der Waals surface area (Å²) in [7, 11) is 0. The van der Waals surface area contributed by atoms with Gasteiger partial charge in [0.15, 0.2) is 0 Å². The summed E-state index contributed by atoms with van der Waals surface area (Å²) in [5.41, 5.74) is 2.18. The van der Waals surface area contributed by atoms with Gasteiger partial charge < -0.3 is 4.84 Å². The van der Waals surface area contributed by atoms with Crippen molar-refractivity contribution in [3.63, 3.8) is 0 Å². The van der Waals surface area contributed by atoms with Gasteiger partial charge in [-0.3, -0.25) is 9.59 Å². The molecule has 0 radical (unpaired) electrons. The van der Waals surface area contributed by atoms with Crippen molar-refractivity contribution >= 4 is 46.4 Å². The van der Waals surface area contributed by atoms with E-state index in [1.54, 1.807) is 42.5 Å². The van der Waals surface area contributed by atoms with Gasteiger partial charge in [-0.1, -0.05) is 52.6 Å². The number of benzene rings is 2. The van der Waals surface area contributed by atoms with E-state index in [1.807, 2.05) is 6.92 Å². The summed E-state index contributed by atoms with van der Waals surface area (Å²) in [5.74, 6) is -1.66. The smallest absolute Gasteiger partial charge is 0.278 e. The summed E-state index contributed by atoms with van der Waals surface area (Å²) < 4.78 is 0. The zero-order valence-corrected chi connectivity index (χ0v) is 14.6. The minimum absolute atomic E-state index is 0.371. The van der Waals surface area contributed by atoms with Gasteiger partial charge in [0.05, 0.1) is 5.69 Å². The Morgan fingerprint density at radius 3 is 2.60 bits per heavy atom. The van der Waals surface area contributed by atoms with Gasteiger partial charge in [0.25, 0.3) is 5.91 Å². The number of fused-ring (bicyclic) bond motifs is 1. The first-order valence-corrected chi connectivity index (χ1v) is 8.37. The highest BCUT2D eigenvalue weighted by Gasteiger charge is 2.56. The van der Waals surface area contributed by atoms with Gasteiger partial charge in [-0.2, -0.15) is 0 Å². The fourth-order valence-electron chi connectivity index (χ4n) is 3.13. The third-order valence-corrected chi connectivity index (χ3v) is 4.94. The second kappa shape index (κ2) is 5.86. The molecule has 5 nitrogen and oxygen atoms in total. The number of carbonyl (C=O) groups is 2. The second-order valence-electron chi connectivity index (χ2n) is 5.90. The van der Waals surface area contributed by atoms with E-state index >= 15 is 0 Å². The molecule has 0 unspecified atom stereocenters. The SMILES string of the molecule is Cc1ccc(Cl)cc1N1C(=O)[C@@H]2C(c3ccccc3Cl)=NO[C@@H]2C1=O. The third-order valence-electron chi connectivity index (χ3n) is 4.37. The van der Waals surface area contributed by atoms with Crippen LogP contribution in [0, 0.1) is 12.8 Å². The van der Waals surface area contributed by atoms with Crippen LogP contribution in [0.3, 0.4) is 0 Å². The van der Waals surface area contributed by atoms with Crippen LogP contribution in [-0.2, 0) is 14.4 Å². The van der Waals surface area contributed by atoms with Crippen molar-refractivity contribution in [1.82, 2.24) is 0 Å². The van der Waals surface area contributed by atoms with E-state index in [0.717, 1.165) is 10.5 Å². The van der Waals surface area contributed by atoms with Gasteiger partial charge in [0.2, 0.25) is 12.0 Å². The number of hydrogen-bond donors (Lipinski definition) is 0.